The highest BCUT2D eigenvalue weighted by Gasteiger charge is 2.15. The third-order valence-corrected chi connectivity index (χ3v) is 3.44. The molecule has 0 aliphatic rings. The van der Waals surface area contributed by atoms with Gasteiger partial charge in [0.1, 0.15) is 34.8 Å². The van der Waals surface area contributed by atoms with Gasteiger partial charge in [-0.3, -0.25) is 0 Å². The van der Waals surface area contributed by atoms with Gasteiger partial charge in [-0.2, -0.15) is 5.26 Å². The molecule has 0 saturated heterocycles. The lowest BCUT2D eigenvalue weighted by Gasteiger charge is -2.08. The van der Waals surface area contributed by atoms with Crippen LogP contribution in [0.2, 0.25) is 0 Å². The predicted molar refractivity (Wildman–Crippen MR) is 87.5 cm³/mol. The van der Waals surface area contributed by atoms with Crippen molar-refractivity contribution in [1.82, 2.24) is 0 Å². The number of carbonyl (C=O) groups excluding carboxylic acids is 1. The molecule has 0 aliphatic heterocycles. The minimum absolute atomic E-state index is 0.214. The van der Waals surface area contributed by atoms with Crippen LogP contribution >= 0.6 is 0 Å². The van der Waals surface area contributed by atoms with Crippen LogP contribution in [0.5, 0.6) is 11.5 Å². The Morgan fingerprint density at radius 3 is 2.28 bits per heavy atom. The summed E-state index contributed by atoms with van der Waals surface area (Å²) in [7, 11) is 0. The number of rotatable bonds is 7. The number of carbonyl (C=O) groups is 1. The number of ether oxygens (including phenoxy) is 2. The van der Waals surface area contributed by atoms with Gasteiger partial charge < -0.3 is 9.47 Å². The van der Waals surface area contributed by atoms with Crippen molar-refractivity contribution in [3.05, 3.63) is 59.2 Å². The van der Waals surface area contributed by atoms with Gasteiger partial charge in [0.05, 0.1) is 12.2 Å². The van der Waals surface area contributed by atoms with E-state index >= 15 is 0 Å². The van der Waals surface area contributed by atoms with Gasteiger partial charge in [0.15, 0.2) is 0 Å². The maximum absolute atomic E-state index is 13.5. The molecule has 0 heterocycles. The highest BCUT2D eigenvalue weighted by atomic mass is 19.1. The summed E-state index contributed by atoms with van der Waals surface area (Å²) in [6.45, 7) is 2.70. The summed E-state index contributed by atoms with van der Waals surface area (Å²) in [5, 5.41) is 8.62. The van der Waals surface area contributed by atoms with Crippen molar-refractivity contribution >= 4 is 5.97 Å². The van der Waals surface area contributed by atoms with Gasteiger partial charge in [-0.05, 0) is 30.7 Å². The standard InChI is InChI=1S/C19H17F2NO3/c1-2-3-4-9-24-14-7-5-13(6-8-14)19(23)25-15-10-17(20)16(12-22)18(21)11-15/h5-8,10-11H,2-4,9H2,1H3. The normalized spacial score (nSPS) is 10.2. The van der Waals surface area contributed by atoms with E-state index in [-0.39, 0.29) is 11.3 Å². The first kappa shape index (κ1) is 18.4. The molecule has 0 N–H and O–H groups in total. The van der Waals surface area contributed by atoms with Gasteiger partial charge in [0.2, 0.25) is 0 Å². The third kappa shape index (κ3) is 5.01. The van der Waals surface area contributed by atoms with E-state index in [1.165, 1.54) is 18.2 Å². The molecular weight excluding hydrogens is 328 g/mol. The molecule has 130 valence electrons. The second kappa shape index (κ2) is 8.78. The molecule has 25 heavy (non-hydrogen) atoms. The van der Waals surface area contributed by atoms with E-state index in [0.717, 1.165) is 31.4 Å². The highest BCUT2D eigenvalue weighted by molar-refractivity contribution is 5.91. The molecule has 2 rings (SSSR count). The lowest BCUT2D eigenvalue weighted by molar-refractivity contribution is 0.0734. The van der Waals surface area contributed by atoms with E-state index in [4.69, 9.17) is 14.7 Å². The number of hydrogen-bond donors (Lipinski definition) is 0. The van der Waals surface area contributed by atoms with Crippen LogP contribution in [0.25, 0.3) is 0 Å². The lowest BCUT2D eigenvalue weighted by Crippen LogP contribution is -2.09. The van der Waals surface area contributed by atoms with Crippen LogP contribution in [0.1, 0.15) is 42.1 Å². The zero-order valence-corrected chi connectivity index (χ0v) is 13.7. The van der Waals surface area contributed by atoms with Crippen LogP contribution in [0.15, 0.2) is 36.4 Å². The smallest absolute Gasteiger partial charge is 0.343 e. The number of benzene rings is 2. The molecule has 2 aromatic carbocycles. The van der Waals surface area contributed by atoms with Gasteiger partial charge in [-0.25, -0.2) is 13.6 Å². The summed E-state index contributed by atoms with van der Waals surface area (Å²) in [5.41, 5.74) is -0.504. The quantitative estimate of drug-likeness (QED) is 0.417. The van der Waals surface area contributed by atoms with Crippen LogP contribution in [-0.2, 0) is 0 Å². The predicted octanol–water partition coefficient (Wildman–Crippen LogP) is 4.62. The summed E-state index contributed by atoms with van der Waals surface area (Å²) < 4.78 is 37.5. The molecule has 0 fully saturated rings. The van der Waals surface area contributed by atoms with Crippen LogP contribution < -0.4 is 9.47 Å². The average Bonchev–Trinajstić information content (AvgIpc) is 2.59. The molecule has 2 aromatic rings. The Morgan fingerprint density at radius 2 is 1.72 bits per heavy atom. The van der Waals surface area contributed by atoms with Crippen LogP contribution in [0.4, 0.5) is 8.78 Å². The minimum atomic E-state index is -1.08. The maximum atomic E-state index is 13.5. The number of unbranched alkanes of at least 4 members (excludes halogenated alkanes) is 2. The van der Waals surface area contributed by atoms with Crippen molar-refractivity contribution in [1.29, 1.82) is 5.26 Å². The fourth-order valence-corrected chi connectivity index (χ4v) is 2.11. The third-order valence-electron chi connectivity index (χ3n) is 3.44. The Bertz CT molecular complexity index is 759. The molecule has 6 heteroatoms. The van der Waals surface area contributed by atoms with Gasteiger partial charge in [0.25, 0.3) is 0 Å². The number of hydrogen-bond acceptors (Lipinski definition) is 4. The van der Waals surface area contributed by atoms with Gasteiger partial charge in [-0.15, -0.1) is 0 Å². The van der Waals surface area contributed by atoms with E-state index < -0.39 is 23.2 Å². The molecule has 0 bridgehead atoms. The fraction of sp³-hybridized carbons (Fsp3) is 0.263. The molecule has 0 atom stereocenters. The highest BCUT2D eigenvalue weighted by Crippen LogP contribution is 2.21. The Balaban J connectivity index is 2.00. The Morgan fingerprint density at radius 1 is 1.08 bits per heavy atom. The zero-order valence-electron chi connectivity index (χ0n) is 13.7. The first-order chi connectivity index (χ1) is 12.0. The fourth-order valence-electron chi connectivity index (χ4n) is 2.11. The van der Waals surface area contributed by atoms with E-state index in [2.05, 4.69) is 6.92 Å². The topological polar surface area (TPSA) is 59.3 Å². The summed E-state index contributed by atoms with van der Waals surface area (Å²) in [5.74, 6) is -2.61. The number of nitrogens with zero attached hydrogens (tertiary/aromatic N) is 1. The zero-order chi connectivity index (χ0) is 18.2. The van der Waals surface area contributed by atoms with Crippen molar-refractivity contribution in [2.24, 2.45) is 0 Å². The molecule has 0 aromatic heterocycles. The SMILES string of the molecule is CCCCCOc1ccc(C(=O)Oc2cc(F)c(C#N)c(F)c2)cc1. The van der Waals surface area contributed by atoms with Crippen molar-refractivity contribution in [3.8, 4) is 17.6 Å². The van der Waals surface area contributed by atoms with Crippen LogP contribution in [0, 0.1) is 23.0 Å². The summed E-state index contributed by atoms with van der Waals surface area (Å²) in [6.07, 6.45) is 3.14. The number of nitriles is 1. The van der Waals surface area contributed by atoms with E-state index in [0.29, 0.717) is 12.4 Å². The first-order valence-electron chi connectivity index (χ1n) is 7.89. The average molecular weight is 345 g/mol. The molecular formula is C19H17F2NO3. The molecule has 0 aliphatic carbocycles. The van der Waals surface area contributed by atoms with E-state index in [9.17, 15) is 13.6 Å². The summed E-state index contributed by atoms with van der Waals surface area (Å²) >= 11 is 0. The van der Waals surface area contributed by atoms with E-state index in [1.54, 1.807) is 12.1 Å². The maximum Gasteiger partial charge on any atom is 0.343 e. The Hall–Kier alpha value is -2.94. The molecule has 0 saturated carbocycles. The van der Waals surface area contributed by atoms with Gasteiger partial charge >= 0.3 is 5.97 Å². The van der Waals surface area contributed by atoms with Gasteiger partial charge in [-0.1, -0.05) is 19.8 Å². The molecule has 0 spiro atoms. The number of halogens is 2. The molecule has 4 nitrogen and oxygen atoms in total. The van der Waals surface area contributed by atoms with Crippen molar-refractivity contribution in [2.75, 3.05) is 6.61 Å². The largest absolute Gasteiger partial charge is 0.494 e. The van der Waals surface area contributed by atoms with Crippen LogP contribution in [0.3, 0.4) is 0 Å². The first-order valence-corrected chi connectivity index (χ1v) is 7.89. The van der Waals surface area contributed by atoms with Crippen molar-refractivity contribution in [2.45, 2.75) is 26.2 Å². The monoisotopic (exact) mass is 345 g/mol. The van der Waals surface area contributed by atoms with E-state index in [1.807, 2.05) is 0 Å². The van der Waals surface area contributed by atoms with Crippen molar-refractivity contribution in [3.63, 3.8) is 0 Å². The lowest BCUT2D eigenvalue weighted by atomic mass is 10.2. The number of esters is 1. The van der Waals surface area contributed by atoms with Crippen LogP contribution in [-0.4, -0.2) is 12.6 Å². The molecule has 0 amide bonds. The van der Waals surface area contributed by atoms with Gasteiger partial charge in [0, 0.05) is 12.1 Å². The Kier molecular flexibility index (Phi) is 6.47. The minimum Gasteiger partial charge on any atom is -0.494 e. The van der Waals surface area contributed by atoms with Crippen molar-refractivity contribution < 1.29 is 23.0 Å². The molecule has 0 radical (unpaired) electrons. The second-order valence-electron chi connectivity index (χ2n) is 5.34. The summed E-state index contributed by atoms with van der Waals surface area (Å²) in [4.78, 5) is 12.0. The second-order valence-corrected chi connectivity index (χ2v) is 5.34. The summed E-state index contributed by atoms with van der Waals surface area (Å²) in [6, 6.07) is 9.27. The molecule has 0 unspecified atom stereocenters. The Labute approximate surface area is 144 Å².